The molecule has 0 bridgehead atoms. The number of nitrogens with one attached hydrogen (secondary N) is 1. The predicted molar refractivity (Wildman–Crippen MR) is 112 cm³/mol. The van der Waals surface area contributed by atoms with Crippen LogP contribution in [0.4, 0.5) is 0 Å². The summed E-state index contributed by atoms with van der Waals surface area (Å²) in [6, 6.07) is 11.9. The molecule has 160 valence electrons. The van der Waals surface area contributed by atoms with Crippen molar-refractivity contribution in [2.75, 3.05) is 13.1 Å². The quantitative estimate of drug-likeness (QED) is 0.207. The minimum atomic E-state index is -0.853. The smallest absolute Gasteiger partial charge is 0.349 e. The van der Waals surface area contributed by atoms with E-state index in [1.54, 1.807) is 12.1 Å². The van der Waals surface area contributed by atoms with Gasteiger partial charge in [-0.1, -0.05) is 18.2 Å². The molecular formula is C23H16N2O7. The number of benzene rings is 2. The van der Waals surface area contributed by atoms with Crippen LogP contribution in [0.2, 0.25) is 0 Å². The first-order valence-electron chi connectivity index (χ1n) is 9.52. The van der Waals surface area contributed by atoms with Gasteiger partial charge in [-0.25, -0.2) is 9.59 Å². The number of carbonyl (C=O) groups is 4. The predicted octanol–water partition coefficient (Wildman–Crippen LogP) is 1.91. The van der Waals surface area contributed by atoms with Gasteiger partial charge in [-0.2, -0.15) is 0 Å². The number of hydrogen-bond acceptors (Lipinski definition) is 7. The standard InChI is InChI=1S/C23H16N2O7/c1-2-9-24-20(27)17-10-13-7-8-14(11-18(13)32-23(17)30)31-19(26)12-25-21(28)15-5-3-4-6-16(15)22(25)29/h2-8,10-11H,1,9,12H2,(H,24,27). The largest absolute Gasteiger partial charge is 0.425 e. The van der Waals surface area contributed by atoms with Crippen LogP contribution in [0.1, 0.15) is 31.1 Å². The summed E-state index contributed by atoms with van der Waals surface area (Å²) in [6.07, 6.45) is 1.48. The lowest BCUT2D eigenvalue weighted by Crippen LogP contribution is -2.36. The summed E-state index contributed by atoms with van der Waals surface area (Å²) in [7, 11) is 0. The summed E-state index contributed by atoms with van der Waals surface area (Å²) in [5.41, 5.74) is -0.471. The van der Waals surface area contributed by atoms with E-state index in [0.29, 0.717) is 5.39 Å². The number of ether oxygens (including phenoxy) is 1. The molecule has 0 unspecified atom stereocenters. The van der Waals surface area contributed by atoms with Crippen molar-refractivity contribution in [3.8, 4) is 5.75 Å². The molecule has 0 fully saturated rings. The summed E-state index contributed by atoms with van der Waals surface area (Å²) in [6.45, 7) is 3.11. The Morgan fingerprint density at radius 3 is 2.38 bits per heavy atom. The second-order valence-corrected chi connectivity index (χ2v) is 6.86. The zero-order chi connectivity index (χ0) is 22.8. The highest BCUT2D eigenvalue weighted by atomic mass is 16.5. The number of imide groups is 1. The first kappa shape index (κ1) is 20.7. The normalized spacial score (nSPS) is 12.6. The van der Waals surface area contributed by atoms with Gasteiger partial charge in [0, 0.05) is 18.0 Å². The van der Waals surface area contributed by atoms with Crippen molar-refractivity contribution in [3.63, 3.8) is 0 Å². The number of rotatable bonds is 6. The molecule has 0 saturated carbocycles. The lowest BCUT2D eigenvalue weighted by atomic mass is 10.1. The topological polar surface area (TPSA) is 123 Å². The van der Waals surface area contributed by atoms with Gasteiger partial charge in [0.25, 0.3) is 17.7 Å². The molecule has 0 atom stereocenters. The highest BCUT2D eigenvalue weighted by Crippen LogP contribution is 2.24. The Balaban J connectivity index is 1.50. The van der Waals surface area contributed by atoms with Crippen molar-refractivity contribution in [2.24, 2.45) is 0 Å². The summed E-state index contributed by atoms with van der Waals surface area (Å²) < 4.78 is 10.4. The molecule has 0 saturated heterocycles. The van der Waals surface area contributed by atoms with E-state index in [1.165, 1.54) is 42.5 Å². The molecule has 2 heterocycles. The highest BCUT2D eigenvalue weighted by Gasteiger charge is 2.36. The molecule has 0 aliphatic carbocycles. The Morgan fingerprint density at radius 2 is 1.72 bits per heavy atom. The van der Waals surface area contributed by atoms with Crippen LogP contribution in [0.3, 0.4) is 0 Å². The van der Waals surface area contributed by atoms with Crippen LogP contribution in [0, 0.1) is 0 Å². The van der Waals surface area contributed by atoms with Crippen molar-refractivity contribution in [2.45, 2.75) is 0 Å². The second kappa shape index (κ2) is 8.31. The van der Waals surface area contributed by atoms with E-state index in [-0.39, 0.29) is 34.6 Å². The van der Waals surface area contributed by atoms with Crippen LogP contribution in [-0.4, -0.2) is 41.7 Å². The number of amides is 3. The van der Waals surface area contributed by atoms with E-state index in [4.69, 9.17) is 9.15 Å². The molecular weight excluding hydrogens is 416 g/mol. The lowest BCUT2D eigenvalue weighted by Gasteiger charge is -2.13. The van der Waals surface area contributed by atoms with Gasteiger partial charge in [0.15, 0.2) is 0 Å². The van der Waals surface area contributed by atoms with Crippen LogP contribution >= 0.6 is 0 Å². The van der Waals surface area contributed by atoms with Crippen molar-refractivity contribution >= 4 is 34.7 Å². The Hall–Kier alpha value is -4.53. The first-order valence-corrected chi connectivity index (χ1v) is 9.52. The maximum atomic E-state index is 12.4. The molecule has 1 aromatic heterocycles. The average molecular weight is 432 g/mol. The molecule has 1 aliphatic rings. The Kier molecular flexibility index (Phi) is 5.38. The molecule has 0 spiro atoms. The minimum Gasteiger partial charge on any atom is -0.425 e. The zero-order valence-electron chi connectivity index (χ0n) is 16.6. The number of esters is 1. The van der Waals surface area contributed by atoms with Crippen LogP contribution in [0.15, 0.2) is 70.4 Å². The Labute approximate surface area is 180 Å². The summed E-state index contributed by atoms with van der Waals surface area (Å²) in [5, 5.41) is 2.93. The third-order valence-corrected chi connectivity index (χ3v) is 4.76. The van der Waals surface area contributed by atoms with Gasteiger partial charge in [-0.15, -0.1) is 6.58 Å². The van der Waals surface area contributed by atoms with E-state index in [0.717, 1.165) is 4.90 Å². The molecule has 1 aliphatic heterocycles. The Morgan fingerprint density at radius 1 is 1.03 bits per heavy atom. The molecule has 1 N–H and O–H groups in total. The lowest BCUT2D eigenvalue weighted by molar-refractivity contribution is -0.134. The van der Waals surface area contributed by atoms with Gasteiger partial charge in [-0.3, -0.25) is 19.3 Å². The monoisotopic (exact) mass is 432 g/mol. The maximum absolute atomic E-state index is 12.4. The zero-order valence-corrected chi connectivity index (χ0v) is 16.6. The van der Waals surface area contributed by atoms with Gasteiger partial charge in [0.1, 0.15) is 23.4 Å². The summed E-state index contributed by atoms with van der Waals surface area (Å²) in [5.74, 6) is -2.55. The molecule has 9 heteroatoms. The summed E-state index contributed by atoms with van der Waals surface area (Å²) >= 11 is 0. The second-order valence-electron chi connectivity index (χ2n) is 6.86. The third-order valence-electron chi connectivity index (χ3n) is 4.76. The Bertz CT molecular complexity index is 1320. The molecule has 9 nitrogen and oxygen atoms in total. The maximum Gasteiger partial charge on any atom is 0.349 e. The van der Waals surface area contributed by atoms with E-state index in [2.05, 4.69) is 11.9 Å². The number of carbonyl (C=O) groups excluding carboxylic acids is 4. The van der Waals surface area contributed by atoms with Gasteiger partial charge in [0.05, 0.1) is 11.1 Å². The number of nitrogens with zero attached hydrogens (tertiary/aromatic N) is 1. The average Bonchev–Trinajstić information content (AvgIpc) is 3.02. The van der Waals surface area contributed by atoms with E-state index in [9.17, 15) is 24.0 Å². The molecule has 3 aromatic rings. The van der Waals surface area contributed by atoms with Crippen molar-refractivity contribution in [1.29, 1.82) is 0 Å². The van der Waals surface area contributed by atoms with Crippen molar-refractivity contribution < 1.29 is 28.3 Å². The molecule has 3 amide bonds. The van der Waals surface area contributed by atoms with Crippen LogP contribution in [0.5, 0.6) is 5.75 Å². The fraction of sp³-hybridized carbons (Fsp3) is 0.0870. The van der Waals surface area contributed by atoms with Gasteiger partial charge in [-0.05, 0) is 30.3 Å². The van der Waals surface area contributed by atoms with E-state index in [1.807, 2.05) is 0 Å². The number of fused-ring (bicyclic) bond motifs is 2. The molecule has 4 rings (SSSR count). The van der Waals surface area contributed by atoms with Gasteiger partial charge in [0.2, 0.25) is 0 Å². The summed E-state index contributed by atoms with van der Waals surface area (Å²) in [4.78, 5) is 62.1. The van der Waals surface area contributed by atoms with Crippen molar-refractivity contribution in [3.05, 3.63) is 88.3 Å². The van der Waals surface area contributed by atoms with Crippen LogP contribution < -0.4 is 15.7 Å². The number of hydrogen-bond donors (Lipinski definition) is 1. The minimum absolute atomic E-state index is 0.0473. The van der Waals surface area contributed by atoms with E-state index >= 15 is 0 Å². The fourth-order valence-electron chi connectivity index (χ4n) is 3.25. The highest BCUT2D eigenvalue weighted by molar-refractivity contribution is 6.22. The van der Waals surface area contributed by atoms with Crippen LogP contribution in [-0.2, 0) is 4.79 Å². The molecule has 2 aromatic carbocycles. The van der Waals surface area contributed by atoms with E-state index < -0.39 is 35.9 Å². The SMILES string of the molecule is C=CCNC(=O)c1cc2ccc(OC(=O)CN3C(=O)c4ccccc4C3=O)cc2oc1=O. The fourth-order valence-corrected chi connectivity index (χ4v) is 3.25. The first-order chi connectivity index (χ1) is 15.4. The molecule has 32 heavy (non-hydrogen) atoms. The third kappa shape index (κ3) is 3.79. The molecule has 0 radical (unpaired) electrons. The van der Waals surface area contributed by atoms with Gasteiger partial charge < -0.3 is 14.5 Å². The van der Waals surface area contributed by atoms with Gasteiger partial charge >= 0.3 is 11.6 Å². The van der Waals surface area contributed by atoms with Crippen LogP contribution in [0.25, 0.3) is 11.0 Å². The van der Waals surface area contributed by atoms with Crippen molar-refractivity contribution in [1.82, 2.24) is 10.2 Å².